The van der Waals surface area contributed by atoms with Crippen LogP contribution in [0.4, 0.5) is 5.69 Å². The number of hydrogen-bond acceptors (Lipinski definition) is 4. The first kappa shape index (κ1) is 13.0. The fraction of sp³-hybridized carbons (Fsp3) is 0.417. The molecule has 1 saturated carbocycles. The van der Waals surface area contributed by atoms with Gasteiger partial charge in [-0.2, -0.15) is 0 Å². The molecule has 0 saturated heterocycles. The molecule has 6 heteroatoms. The molecule has 1 aliphatic carbocycles. The van der Waals surface area contributed by atoms with Gasteiger partial charge in [-0.25, -0.2) is 0 Å². The lowest BCUT2D eigenvalue weighted by Gasteiger charge is -2.24. The second-order valence-corrected chi connectivity index (χ2v) is 4.70. The van der Waals surface area contributed by atoms with E-state index < -0.39 is 0 Å². The number of aliphatic hydroxyl groups is 1. The van der Waals surface area contributed by atoms with Gasteiger partial charge >= 0.3 is 0 Å². The maximum absolute atomic E-state index is 9.08. The molecule has 5 nitrogen and oxygen atoms in total. The number of anilines is 1. The van der Waals surface area contributed by atoms with E-state index in [1.165, 1.54) is 0 Å². The first-order chi connectivity index (χ1) is 8.67. The second-order valence-electron chi connectivity index (χ2n) is 4.30. The Bertz CT molecular complexity index is 461. The van der Waals surface area contributed by atoms with E-state index in [1.54, 1.807) is 12.1 Å². The molecule has 0 aromatic heterocycles. The molecule has 1 aromatic carbocycles. The minimum Gasteiger partial charge on any atom is -0.409 e. The van der Waals surface area contributed by atoms with Crippen LogP contribution in [0.25, 0.3) is 0 Å². The zero-order valence-electron chi connectivity index (χ0n) is 9.88. The quantitative estimate of drug-likeness (QED) is 0.327. The number of hydrogen-bond donors (Lipinski definition) is 3. The Morgan fingerprint density at radius 3 is 2.72 bits per heavy atom. The fourth-order valence-corrected chi connectivity index (χ4v) is 2.23. The molecular formula is C12H16ClN3O2. The molecule has 0 bridgehead atoms. The SMILES string of the molecule is NC(=NO)c1ccc(N(CCO)C2CC2)cc1Cl. The summed E-state index contributed by atoms with van der Waals surface area (Å²) in [6.45, 7) is 0.694. The predicted octanol–water partition coefficient (Wildman–Crippen LogP) is 1.40. The van der Waals surface area contributed by atoms with Crippen molar-refractivity contribution in [2.24, 2.45) is 10.9 Å². The average Bonchev–Trinajstić information content (AvgIpc) is 3.19. The average molecular weight is 270 g/mol. The van der Waals surface area contributed by atoms with Crippen LogP contribution >= 0.6 is 11.6 Å². The lowest BCUT2D eigenvalue weighted by Crippen LogP contribution is -2.29. The molecule has 0 spiro atoms. The molecule has 98 valence electrons. The monoisotopic (exact) mass is 269 g/mol. The number of amidine groups is 1. The van der Waals surface area contributed by atoms with Crippen molar-refractivity contribution < 1.29 is 10.3 Å². The maximum atomic E-state index is 9.08. The molecule has 0 radical (unpaired) electrons. The van der Waals surface area contributed by atoms with E-state index in [0.717, 1.165) is 18.5 Å². The van der Waals surface area contributed by atoms with Crippen LogP contribution in [0.15, 0.2) is 23.4 Å². The van der Waals surface area contributed by atoms with Crippen LogP contribution in [0.5, 0.6) is 0 Å². The Kier molecular flexibility index (Phi) is 3.93. The molecule has 1 fully saturated rings. The summed E-state index contributed by atoms with van der Waals surface area (Å²) in [6, 6.07) is 5.86. The van der Waals surface area contributed by atoms with Gasteiger partial charge in [0.05, 0.1) is 11.6 Å². The molecule has 0 unspecified atom stereocenters. The Balaban J connectivity index is 2.26. The van der Waals surface area contributed by atoms with Crippen molar-refractivity contribution in [1.29, 1.82) is 0 Å². The molecular weight excluding hydrogens is 254 g/mol. The number of halogens is 1. The van der Waals surface area contributed by atoms with Gasteiger partial charge in [0.15, 0.2) is 5.84 Å². The Labute approximate surface area is 110 Å². The van der Waals surface area contributed by atoms with Crippen molar-refractivity contribution in [3.05, 3.63) is 28.8 Å². The standard InChI is InChI=1S/C12H16ClN3O2/c13-11-7-9(3-4-10(11)12(14)15-18)16(5-6-17)8-1-2-8/h3-4,7-8,17-18H,1-2,5-6H2,(H2,14,15). The van der Waals surface area contributed by atoms with Gasteiger partial charge in [-0.1, -0.05) is 16.8 Å². The molecule has 1 aliphatic rings. The molecule has 4 N–H and O–H groups in total. The van der Waals surface area contributed by atoms with Crippen LogP contribution in [-0.4, -0.2) is 35.3 Å². The largest absolute Gasteiger partial charge is 0.409 e. The smallest absolute Gasteiger partial charge is 0.171 e. The van der Waals surface area contributed by atoms with Gasteiger partial charge < -0.3 is 20.9 Å². The lowest BCUT2D eigenvalue weighted by atomic mass is 10.1. The van der Waals surface area contributed by atoms with Crippen molar-refractivity contribution >= 4 is 23.1 Å². The summed E-state index contributed by atoms with van der Waals surface area (Å²) in [6.07, 6.45) is 2.28. The van der Waals surface area contributed by atoms with E-state index in [-0.39, 0.29) is 12.4 Å². The van der Waals surface area contributed by atoms with E-state index in [1.807, 2.05) is 6.07 Å². The first-order valence-corrected chi connectivity index (χ1v) is 6.20. The van der Waals surface area contributed by atoms with Crippen molar-refractivity contribution in [2.75, 3.05) is 18.1 Å². The van der Waals surface area contributed by atoms with E-state index in [9.17, 15) is 0 Å². The van der Waals surface area contributed by atoms with Crippen LogP contribution in [0.1, 0.15) is 18.4 Å². The highest BCUT2D eigenvalue weighted by Gasteiger charge is 2.29. The summed E-state index contributed by atoms with van der Waals surface area (Å²) in [5.41, 5.74) is 6.97. The zero-order chi connectivity index (χ0) is 13.1. The summed E-state index contributed by atoms with van der Waals surface area (Å²) >= 11 is 6.11. The van der Waals surface area contributed by atoms with Crippen LogP contribution < -0.4 is 10.6 Å². The van der Waals surface area contributed by atoms with Gasteiger partial charge in [0.2, 0.25) is 0 Å². The molecule has 2 rings (SSSR count). The molecule has 0 aliphatic heterocycles. The first-order valence-electron chi connectivity index (χ1n) is 5.82. The van der Waals surface area contributed by atoms with E-state index >= 15 is 0 Å². The third-order valence-corrected chi connectivity index (χ3v) is 3.31. The van der Waals surface area contributed by atoms with Gasteiger partial charge in [0.25, 0.3) is 0 Å². The van der Waals surface area contributed by atoms with Crippen molar-refractivity contribution in [1.82, 2.24) is 0 Å². The normalized spacial score (nSPS) is 15.8. The third-order valence-electron chi connectivity index (χ3n) is 3.00. The minimum absolute atomic E-state index is 0.00770. The van der Waals surface area contributed by atoms with Crippen molar-refractivity contribution in [2.45, 2.75) is 18.9 Å². The molecule has 1 aromatic rings. The number of aliphatic hydroxyl groups excluding tert-OH is 1. The lowest BCUT2D eigenvalue weighted by molar-refractivity contribution is 0.301. The summed E-state index contributed by atoms with van der Waals surface area (Å²) in [5, 5.41) is 21.1. The predicted molar refractivity (Wildman–Crippen MR) is 71.4 cm³/mol. The summed E-state index contributed by atoms with van der Waals surface area (Å²) < 4.78 is 0. The van der Waals surface area contributed by atoms with Crippen LogP contribution in [0.3, 0.4) is 0 Å². The maximum Gasteiger partial charge on any atom is 0.171 e. The van der Waals surface area contributed by atoms with Crippen molar-refractivity contribution in [3.8, 4) is 0 Å². The topological polar surface area (TPSA) is 82.1 Å². The summed E-state index contributed by atoms with van der Waals surface area (Å²) in [5.74, 6) is -0.00770. The van der Waals surface area contributed by atoms with Gasteiger partial charge in [-0.05, 0) is 31.0 Å². The van der Waals surface area contributed by atoms with E-state index in [0.29, 0.717) is 23.2 Å². The van der Waals surface area contributed by atoms with Crippen molar-refractivity contribution in [3.63, 3.8) is 0 Å². The van der Waals surface area contributed by atoms with Gasteiger partial charge in [0.1, 0.15) is 0 Å². The summed E-state index contributed by atoms with van der Waals surface area (Å²) in [4.78, 5) is 2.13. The number of nitrogens with zero attached hydrogens (tertiary/aromatic N) is 2. The van der Waals surface area contributed by atoms with Gasteiger partial charge in [-0.3, -0.25) is 0 Å². The Hall–Kier alpha value is -1.46. The van der Waals surface area contributed by atoms with Gasteiger partial charge in [0, 0.05) is 23.8 Å². The number of oxime groups is 1. The van der Waals surface area contributed by atoms with Crippen LogP contribution in [0.2, 0.25) is 5.02 Å². The summed E-state index contributed by atoms with van der Waals surface area (Å²) in [7, 11) is 0. The molecule has 18 heavy (non-hydrogen) atoms. The van der Waals surface area contributed by atoms with E-state index in [2.05, 4.69) is 10.1 Å². The highest BCUT2D eigenvalue weighted by Crippen LogP contribution is 2.33. The van der Waals surface area contributed by atoms with E-state index in [4.69, 9.17) is 27.6 Å². The molecule has 0 atom stereocenters. The zero-order valence-corrected chi connectivity index (χ0v) is 10.6. The highest BCUT2D eigenvalue weighted by molar-refractivity contribution is 6.34. The molecule has 0 heterocycles. The highest BCUT2D eigenvalue weighted by atomic mass is 35.5. The second kappa shape index (κ2) is 5.46. The van der Waals surface area contributed by atoms with Crippen LogP contribution in [0, 0.1) is 0 Å². The number of rotatable bonds is 5. The number of benzene rings is 1. The number of nitrogens with two attached hydrogens (primary N) is 1. The Morgan fingerprint density at radius 2 is 2.22 bits per heavy atom. The Morgan fingerprint density at radius 1 is 1.50 bits per heavy atom. The third kappa shape index (κ3) is 2.68. The fourth-order valence-electron chi connectivity index (χ4n) is 1.96. The van der Waals surface area contributed by atoms with Crippen LogP contribution in [-0.2, 0) is 0 Å². The minimum atomic E-state index is -0.00770. The molecule has 0 amide bonds. The van der Waals surface area contributed by atoms with Gasteiger partial charge in [-0.15, -0.1) is 0 Å².